The molecule has 4 heteroatoms. The van der Waals surface area contributed by atoms with E-state index >= 15 is 0 Å². The first kappa shape index (κ1) is 13.6. The number of benzene rings is 1. The molecule has 0 unspecified atom stereocenters. The smallest absolute Gasteiger partial charge is 0.122 e. The van der Waals surface area contributed by atoms with E-state index in [1.165, 1.54) is 5.56 Å². The monoisotopic (exact) mass is 258 g/mol. The Kier molecular flexibility index (Phi) is 4.58. The van der Waals surface area contributed by atoms with Gasteiger partial charge in [-0.2, -0.15) is 0 Å². The van der Waals surface area contributed by atoms with Gasteiger partial charge in [0, 0.05) is 25.1 Å². The molecule has 0 saturated carbocycles. The highest BCUT2D eigenvalue weighted by Crippen LogP contribution is 2.08. The van der Waals surface area contributed by atoms with Gasteiger partial charge in [0.25, 0.3) is 0 Å². The van der Waals surface area contributed by atoms with E-state index in [0.29, 0.717) is 0 Å². The molecule has 0 radical (unpaired) electrons. The fourth-order valence-electron chi connectivity index (χ4n) is 2.11. The molecule has 0 aliphatic carbocycles. The van der Waals surface area contributed by atoms with Crippen LogP contribution >= 0.6 is 0 Å². The van der Waals surface area contributed by atoms with Crippen LogP contribution in [-0.2, 0) is 20.0 Å². The summed E-state index contributed by atoms with van der Waals surface area (Å²) >= 11 is 0. The van der Waals surface area contributed by atoms with Crippen LogP contribution < -0.4 is 5.73 Å². The van der Waals surface area contributed by atoms with Crippen molar-refractivity contribution in [2.45, 2.75) is 19.4 Å². The molecule has 2 N–H and O–H groups in total. The lowest BCUT2D eigenvalue weighted by Gasteiger charge is -2.16. The van der Waals surface area contributed by atoms with Gasteiger partial charge in [-0.1, -0.05) is 12.1 Å². The van der Waals surface area contributed by atoms with Gasteiger partial charge in [0.15, 0.2) is 0 Å². The highest BCUT2D eigenvalue weighted by molar-refractivity contribution is 5.39. The van der Waals surface area contributed by atoms with E-state index in [0.717, 1.165) is 37.4 Å². The molecule has 1 aromatic heterocycles. The largest absolute Gasteiger partial charge is 0.399 e. The predicted molar refractivity (Wildman–Crippen MR) is 78.7 cm³/mol. The summed E-state index contributed by atoms with van der Waals surface area (Å²) in [5.41, 5.74) is 7.85. The van der Waals surface area contributed by atoms with Gasteiger partial charge in [0.1, 0.15) is 5.82 Å². The van der Waals surface area contributed by atoms with E-state index in [2.05, 4.69) is 33.6 Å². The lowest BCUT2D eigenvalue weighted by Crippen LogP contribution is -2.21. The van der Waals surface area contributed by atoms with Crippen LogP contribution in [0, 0.1) is 0 Å². The number of nitrogens with two attached hydrogens (primary N) is 1. The topological polar surface area (TPSA) is 47.1 Å². The van der Waals surface area contributed by atoms with Crippen molar-refractivity contribution in [3.63, 3.8) is 0 Å². The van der Waals surface area contributed by atoms with Crippen molar-refractivity contribution in [3.8, 4) is 0 Å². The molecule has 0 fully saturated rings. The zero-order valence-electron chi connectivity index (χ0n) is 11.7. The molecule has 0 aliphatic rings. The van der Waals surface area contributed by atoms with E-state index in [-0.39, 0.29) is 0 Å². The van der Waals surface area contributed by atoms with Crippen LogP contribution in [0.2, 0.25) is 0 Å². The van der Waals surface area contributed by atoms with Crippen molar-refractivity contribution in [2.24, 2.45) is 7.05 Å². The zero-order chi connectivity index (χ0) is 13.7. The maximum absolute atomic E-state index is 5.68. The zero-order valence-corrected chi connectivity index (χ0v) is 11.7. The second-order valence-electron chi connectivity index (χ2n) is 5.04. The molecule has 2 rings (SSSR count). The van der Waals surface area contributed by atoms with Crippen molar-refractivity contribution in [2.75, 3.05) is 19.3 Å². The second kappa shape index (κ2) is 6.38. The number of nitrogens with zero attached hydrogens (tertiary/aromatic N) is 3. The van der Waals surface area contributed by atoms with Gasteiger partial charge in [0.2, 0.25) is 0 Å². The molecule has 1 heterocycles. The first-order valence-corrected chi connectivity index (χ1v) is 6.64. The average molecular weight is 258 g/mol. The molecule has 4 nitrogen and oxygen atoms in total. The Bertz CT molecular complexity index is 501. The molecule has 0 saturated heterocycles. The predicted octanol–water partition coefficient (Wildman–Crippen LogP) is 2.07. The van der Waals surface area contributed by atoms with Crippen molar-refractivity contribution in [3.05, 3.63) is 48.0 Å². The lowest BCUT2D eigenvalue weighted by atomic mass is 10.1. The minimum Gasteiger partial charge on any atom is -0.399 e. The molecule has 0 aliphatic heterocycles. The molecule has 102 valence electrons. The summed E-state index contributed by atoms with van der Waals surface area (Å²) in [5, 5.41) is 0. The Morgan fingerprint density at radius 3 is 2.63 bits per heavy atom. The van der Waals surface area contributed by atoms with E-state index in [9.17, 15) is 0 Å². The molecule has 19 heavy (non-hydrogen) atoms. The highest BCUT2D eigenvalue weighted by Gasteiger charge is 2.04. The third kappa shape index (κ3) is 4.10. The van der Waals surface area contributed by atoms with Crippen LogP contribution in [0.4, 0.5) is 5.69 Å². The average Bonchev–Trinajstić information content (AvgIpc) is 2.78. The molecule has 0 spiro atoms. The first-order valence-electron chi connectivity index (χ1n) is 6.64. The van der Waals surface area contributed by atoms with Crippen LogP contribution in [0.3, 0.4) is 0 Å². The minimum atomic E-state index is 0.829. The van der Waals surface area contributed by atoms with E-state index in [1.807, 2.05) is 31.6 Å². The molecular formula is C15H22N4. The van der Waals surface area contributed by atoms with Crippen LogP contribution in [0.5, 0.6) is 0 Å². The van der Waals surface area contributed by atoms with Crippen molar-refractivity contribution >= 4 is 5.69 Å². The number of aromatic nitrogens is 2. The maximum Gasteiger partial charge on any atom is 0.122 e. The highest BCUT2D eigenvalue weighted by atomic mass is 15.1. The summed E-state index contributed by atoms with van der Waals surface area (Å²) in [4.78, 5) is 6.64. The minimum absolute atomic E-state index is 0.829. The van der Waals surface area contributed by atoms with Crippen LogP contribution in [-0.4, -0.2) is 28.0 Å². The quantitative estimate of drug-likeness (QED) is 0.807. The van der Waals surface area contributed by atoms with Gasteiger partial charge in [-0.3, -0.25) is 4.90 Å². The van der Waals surface area contributed by atoms with E-state index in [1.54, 1.807) is 0 Å². The van der Waals surface area contributed by atoms with Gasteiger partial charge in [-0.25, -0.2) is 4.98 Å². The second-order valence-corrected chi connectivity index (χ2v) is 5.04. The molecule has 0 amide bonds. The van der Waals surface area contributed by atoms with Crippen molar-refractivity contribution in [1.82, 2.24) is 14.5 Å². The fraction of sp³-hybridized carbons (Fsp3) is 0.400. The molecular weight excluding hydrogens is 236 g/mol. The van der Waals surface area contributed by atoms with E-state index in [4.69, 9.17) is 5.73 Å². The summed E-state index contributed by atoms with van der Waals surface area (Å²) in [7, 11) is 4.17. The Labute approximate surface area is 114 Å². The van der Waals surface area contributed by atoms with Crippen LogP contribution in [0.1, 0.15) is 17.8 Å². The van der Waals surface area contributed by atoms with Crippen LogP contribution in [0.25, 0.3) is 0 Å². The number of anilines is 1. The number of hydrogen-bond acceptors (Lipinski definition) is 3. The Morgan fingerprint density at radius 1 is 1.26 bits per heavy atom. The van der Waals surface area contributed by atoms with Crippen molar-refractivity contribution < 1.29 is 0 Å². The summed E-state index contributed by atoms with van der Waals surface area (Å²) in [6, 6.07) is 8.14. The van der Waals surface area contributed by atoms with Gasteiger partial charge >= 0.3 is 0 Å². The number of imidazole rings is 1. The molecule has 1 aromatic carbocycles. The summed E-state index contributed by atoms with van der Waals surface area (Å²) in [6.45, 7) is 1.96. The Balaban J connectivity index is 1.73. The Hall–Kier alpha value is -1.81. The van der Waals surface area contributed by atoms with Gasteiger partial charge in [-0.05, 0) is 44.1 Å². The fourth-order valence-corrected chi connectivity index (χ4v) is 2.11. The first-order chi connectivity index (χ1) is 9.15. The van der Waals surface area contributed by atoms with E-state index < -0.39 is 0 Å². The van der Waals surface area contributed by atoms with Crippen molar-refractivity contribution in [1.29, 1.82) is 0 Å². The summed E-state index contributed by atoms with van der Waals surface area (Å²) in [6.07, 6.45) is 6.06. The number of rotatable bonds is 6. The third-order valence-electron chi connectivity index (χ3n) is 3.32. The Morgan fingerprint density at radius 2 is 2.00 bits per heavy atom. The summed E-state index contributed by atoms with van der Waals surface area (Å²) < 4.78 is 2.07. The molecule has 0 atom stereocenters. The van der Waals surface area contributed by atoms with Gasteiger partial charge < -0.3 is 10.3 Å². The number of nitrogen functional groups attached to an aromatic ring is 1. The maximum atomic E-state index is 5.68. The van der Waals surface area contributed by atoms with Gasteiger partial charge in [-0.15, -0.1) is 0 Å². The standard InChI is InChI=1S/C15H22N4/c1-18(12-15-17-9-11-19(15)2)10-3-4-13-5-7-14(16)8-6-13/h5-9,11H,3-4,10,12,16H2,1-2H3. The van der Waals surface area contributed by atoms with Crippen LogP contribution in [0.15, 0.2) is 36.7 Å². The van der Waals surface area contributed by atoms with Gasteiger partial charge in [0.05, 0.1) is 6.54 Å². The third-order valence-corrected chi connectivity index (χ3v) is 3.32. The summed E-state index contributed by atoms with van der Waals surface area (Å²) in [5.74, 6) is 1.11. The normalized spacial score (nSPS) is 11.1. The number of hydrogen-bond donors (Lipinski definition) is 1. The SMILES string of the molecule is CN(CCCc1ccc(N)cc1)Cc1nccn1C. The number of aryl methyl sites for hydroxylation is 2. The lowest BCUT2D eigenvalue weighted by molar-refractivity contribution is 0.310. The molecule has 2 aromatic rings. The molecule has 0 bridgehead atoms.